The monoisotopic (exact) mass is 338 g/mol. The van der Waals surface area contributed by atoms with Crippen LogP contribution in [0, 0.1) is 6.92 Å². The summed E-state index contributed by atoms with van der Waals surface area (Å²) in [4.78, 5) is 9.45. The van der Waals surface area contributed by atoms with Crippen molar-refractivity contribution in [2.45, 2.75) is 26.3 Å². The van der Waals surface area contributed by atoms with Gasteiger partial charge in [0.2, 0.25) is 0 Å². The van der Waals surface area contributed by atoms with Gasteiger partial charge in [-0.15, -0.1) is 0 Å². The molecule has 0 unspecified atom stereocenters. The summed E-state index contributed by atoms with van der Waals surface area (Å²) in [6, 6.07) is 14.9. The quantitative estimate of drug-likeness (QED) is 0.750. The first-order valence-electron chi connectivity index (χ1n) is 9.46. The maximum atomic E-state index is 4.33. The Kier molecular flexibility index (Phi) is 6.83. The van der Waals surface area contributed by atoms with Crippen LogP contribution in [-0.2, 0) is 6.54 Å². The van der Waals surface area contributed by atoms with Gasteiger partial charge in [-0.3, -0.25) is 9.88 Å². The van der Waals surface area contributed by atoms with E-state index >= 15 is 0 Å². The van der Waals surface area contributed by atoms with E-state index in [4.69, 9.17) is 0 Å². The van der Waals surface area contributed by atoms with Crippen LogP contribution in [0.1, 0.15) is 24.1 Å². The van der Waals surface area contributed by atoms with E-state index in [1.807, 2.05) is 18.3 Å². The summed E-state index contributed by atoms with van der Waals surface area (Å²) >= 11 is 0. The van der Waals surface area contributed by atoms with Gasteiger partial charge in [-0.2, -0.15) is 0 Å². The van der Waals surface area contributed by atoms with Crippen molar-refractivity contribution in [2.24, 2.45) is 0 Å². The maximum absolute atomic E-state index is 4.33. The Labute approximate surface area is 151 Å². The first-order valence-corrected chi connectivity index (χ1v) is 9.46. The van der Waals surface area contributed by atoms with Gasteiger partial charge in [-0.1, -0.05) is 18.2 Å². The molecule has 1 saturated heterocycles. The lowest BCUT2D eigenvalue weighted by atomic mass is 10.2. The van der Waals surface area contributed by atoms with Gasteiger partial charge in [-0.05, 0) is 62.7 Å². The first kappa shape index (κ1) is 17.9. The molecule has 1 N–H and O–H groups in total. The maximum Gasteiger partial charge on any atom is 0.0541 e. The van der Waals surface area contributed by atoms with E-state index in [1.54, 1.807) is 0 Å². The number of anilines is 1. The van der Waals surface area contributed by atoms with Gasteiger partial charge < -0.3 is 10.2 Å². The molecule has 0 bridgehead atoms. The van der Waals surface area contributed by atoms with Crippen molar-refractivity contribution in [3.63, 3.8) is 0 Å². The summed E-state index contributed by atoms with van der Waals surface area (Å²) in [6.45, 7) is 9.96. The molecule has 1 aromatic heterocycles. The molecule has 1 aliphatic rings. The largest absolute Gasteiger partial charge is 0.369 e. The van der Waals surface area contributed by atoms with E-state index in [0.717, 1.165) is 31.9 Å². The van der Waals surface area contributed by atoms with Crippen molar-refractivity contribution in [3.8, 4) is 0 Å². The number of nitrogens with one attached hydrogen (secondary N) is 1. The summed E-state index contributed by atoms with van der Waals surface area (Å²) in [5.41, 5.74) is 3.84. The molecule has 0 radical (unpaired) electrons. The molecule has 3 rings (SSSR count). The normalized spacial score (nSPS) is 15.5. The summed E-state index contributed by atoms with van der Waals surface area (Å²) in [6.07, 6.45) is 4.35. The number of hydrogen-bond acceptors (Lipinski definition) is 4. The summed E-state index contributed by atoms with van der Waals surface area (Å²) in [5.74, 6) is 0. The SMILES string of the molecule is Cc1cccc(N2CCN(CCCCNCc3ccccn3)CC2)c1. The molecule has 2 heterocycles. The van der Waals surface area contributed by atoms with Gasteiger partial charge in [0, 0.05) is 44.6 Å². The zero-order chi connectivity index (χ0) is 17.3. The third-order valence-electron chi connectivity index (χ3n) is 4.85. The Morgan fingerprint density at radius 1 is 1.00 bits per heavy atom. The predicted octanol–water partition coefficient (Wildman–Crippen LogP) is 3.08. The molecule has 0 spiro atoms. The van der Waals surface area contributed by atoms with Crippen LogP contribution in [0.15, 0.2) is 48.7 Å². The number of aryl methyl sites for hydroxylation is 1. The number of pyridine rings is 1. The number of benzene rings is 1. The molecule has 0 saturated carbocycles. The van der Waals surface area contributed by atoms with Gasteiger partial charge in [0.1, 0.15) is 0 Å². The highest BCUT2D eigenvalue weighted by Crippen LogP contribution is 2.17. The van der Waals surface area contributed by atoms with E-state index in [0.29, 0.717) is 0 Å². The van der Waals surface area contributed by atoms with E-state index in [2.05, 4.69) is 57.4 Å². The highest BCUT2D eigenvalue weighted by molar-refractivity contribution is 5.48. The summed E-state index contributed by atoms with van der Waals surface area (Å²) in [5, 5.41) is 3.48. The second-order valence-corrected chi connectivity index (χ2v) is 6.87. The number of hydrogen-bond donors (Lipinski definition) is 1. The standard InChI is InChI=1S/C21H30N4/c1-19-7-6-9-21(17-19)25-15-13-24(14-16-25)12-5-4-10-22-18-20-8-2-3-11-23-20/h2-3,6-9,11,17,22H,4-5,10,12-16,18H2,1H3. The van der Waals surface area contributed by atoms with Gasteiger partial charge >= 0.3 is 0 Å². The minimum Gasteiger partial charge on any atom is -0.369 e. The van der Waals surface area contributed by atoms with E-state index in [9.17, 15) is 0 Å². The minimum absolute atomic E-state index is 0.871. The average Bonchev–Trinajstić information content (AvgIpc) is 2.66. The van der Waals surface area contributed by atoms with Crippen LogP contribution >= 0.6 is 0 Å². The van der Waals surface area contributed by atoms with Crippen molar-refractivity contribution in [1.82, 2.24) is 15.2 Å². The Bertz CT molecular complexity index is 621. The molecular formula is C21H30N4. The lowest BCUT2D eigenvalue weighted by Crippen LogP contribution is -2.46. The fourth-order valence-electron chi connectivity index (χ4n) is 3.36. The van der Waals surface area contributed by atoms with E-state index < -0.39 is 0 Å². The van der Waals surface area contributed by atoms with Crippen LogP contribution in [0.25, 0.3) is 0 Å². The molecule has 134 valence electrons. The van der Waals surface area contributed by atoms with Crippen LogP contribution < -0.4 is 10.2 Å². The second-order valence-electron chi connectivity index (χ2n) is 6.87. The topological polar surface area (TPSA) is 31.4 Å². The Balaban J connectivity index is 1.27. The molecule has 4 heteroatoms. The summed E-state index contributed by atoms with van der Waals surface area (Å²) < 4.78 is 0. The van der Waals surface area contributed by atoms with Crippen LogP contribution in [0.5, 0.6) is 0 Å². The molecule has 4 nitrogen and oxygen atoms in total. The fourth-order valence-corrected chi connectivity index (χ4v) is 3.36. The third kappa shape index (κ3) is 5.83. The first-order chi connectivity index (χ1) is 12.3. The molecule has 1 fully saturated rings. The zero-order valence-electron chi connectivity index (χ0n) is 15.3. The Hall–Kier alpha value is -1.91. The second kappa shape index (κ2) is 9.54. The van der Waals surface area contributed by atoms with Crippen LogP contribution in [0.4, 0.5) is 5.69 Å². The molecular weight excluding hydrogens is 308 g/mol. The number of nitrogens with zero attached hydrogens (tertiary/aromatic N) is 3. The molecule has 1 aliphatic heterocycles. The van der Waals surface area contributed by atoms with Crippen molar-refractivity contribution >= 4 is 5.69 Å². The van der Waals surface area contributed by atoms with E-state index in [1.165, 1.54) is 43.7 Å². The number of unbranched alkanes of at least 4 members (excludes halogenated alkanes) is 1. The fraction of sp³-hybridized carbons (Fsp3) is 0.476. The lowest BCUT2D eigenvalue weighted by Gasteiger charge is -2.36. The number of aromatic nitrogens is 1. The Morgan fingerprint density at radius 3 is 2.64 bits per heavy atom. The zero-order valence-corrected chi connectivity index (χ0v) is 15.3. The van der Waals surface area contributed by atoms with Crippen LogP contribution in [0.3, 0.4) is 0 Å². The summed E-state index contributed by atoms with van der Waals surface area (Å²) in [7, 11) is 0. The van der Waals surface area contributed by atoms with Gasteiger partial charge in [0.15, 0.2) is 0 Å². The van der Waals surface area contributed by atoms with Crippen LogP contribution in [-0.4, -0.2) is 49.2 Å². The Morgan fingerprint density at radius 2 is 1.88 bits per heavy atom. The smallest absolute Gasteiger partial charge is 0.0541 e. The van der Waals surface area contributed by atoms with Crippen LogP contribution in [0.2, 0.25) is 0 Å². The number of piperazine rings is 1. The van der Waals surface area contributed by atoms with Crippen molar-refractivity contribution in [3.05, 3.63) is 59.9 Å². The molecule has 0 atom stereocenters. The molecule has 0 aliphatic carbocycles. The lowest BCUT2D eigenvalue weighted by molar-refractivity contribution is 0.252. The van der Waals surface area contributed by atoms with E-state index in [-0.39, 0.29) is 0 Å². The minimum atomic E-state index is 0.871. The van der Waals surface area contributed by atoms with Crippen molar-refractivity contribution < 1.29 is 0 Å². The molecule has 1 aromatic carbocycles. The highest BCUT2D eigenvalue weighted by atomic mass is 15.3. The highest BCUT2D eigenvalue weighted by Gasteiger charge is 2.16. The third-order valence-corrected chi connectivity index (χ3v) is 4.85. The predicted molar refractivity (Wildman–Crippen MR) is 105 cm³/mol. The average molecular weight is 338 g/mol. The molecule has 2 aromatic rings. The molecule has 25 heavy (non-hydrogen) atoms. The van der Waals surface area contributed by atoms with Crippen molar-refractivity contribution in [2.75, 3.05) is 44.2 Å². The number of rotatable bonds is 8. The van der Waals surface area contributed by atoms with Gasteiger partial charge in [0.05, 0.1) is 5.69 Å². The molecule has 0 amide bonds. The van der Waals surface area contributed by atoms with Crippen molar-refractivity contribution in [1.29, 1.82) is 0 Å². The van der Waals surface area contributed by atoms with Gasteiger partial charge in [-0.25, -0.2) is 0 Å². The van der Waals surface area contributed by atoms with Gasteiger partial charge in [0.25, 0.3) is 0 Å².